The summed E-state index contributed by atoms with van der Waals surface area (Å²) in [7, 11) is 1.94. The lowest BCUT2D eigenvalue weighted by Crippen LogP contribution is -2.47. The van der Waals surface area contributed by atoms with Gasteiger partial charge in [0, 0.05) is 24.2 Å². The minimum Gasteiger partial charge on any atom is -0.336 e. The van der Waals surface area contributed by atoms with Gasteiger partial charge in [-0.25, -0.2) is 4.68 Å². The first-order valence-corrected chi connectivity index (χ1v) is 8.69. The number of halogens is 2. The van der Waals surface area contributed by atoms with Crippen molar-refractivity contribution in [3.05, 3.63) is 40.7 Å². The molecule has 8 heteroatoms. The summed E-state index contributed by atoms with van der Waals surface area (Å²) in [6.45, 7) is 3.48. The van der Waals surface area contributed by atoms with Gasteiger partial charge in [-0.05, 0) is 44.5 Å². The largest absolute Gasteiger partial charge is 0.336 e. The molecule has 0 saturated carbocycles. The van der Waals surface area contributed by atoms with Crippen molar-refractivity contribution in [2.24, 2.45) is 0 Å². The van der Waals surface area contributed by atoms with Crippen LogP contribution in [-0.4, -0.2) is 52.0 Å². The van der Waals surface area contributed by atoms with Crippen molar-refractivity contribution in [3.8, 4) is 5.69 Å². The molecule has 25 heavy (non-hydrogen) atoms. The summed E-state index contributed by atoms with van der Waals surface area (Å²) < 4.78 is 1.71. The van der Waals surface area contributed by atoms with Crippen LogP contribution in [0.4, 0.5) is 0 Å². The Morgan fingerprint density at radius 3 is 2.92 bits per heavy atom. The molecule has 136 valence electrons. The molecular formula is C17H23Cl2N5O. The van der Waals surface area contributed by atoms with Crippen molar-refractivity contribution in [1.82, 2.24) is 25.2 Å². The minimum atomic E-state index is -0.0416. The molecule has 1 aliphatic heterocycles. The molecule has 2 aromatic rings. The van der Waals surface area contributed by atoms with Gasteiger partial charge in [0.25, 0.3) is 5.91 Å². The van der Waals surface area contributed by atoms with E-state index in [1.807, 2.05) is 43.1 Å². The zero-order valence-corrected chi connectivity index (χ0v) is 16.0. The number of likely N-dealkylation sites (tertiary alicyclic amines) is 1. The SMILES string of the molecule is CCc1c(C(=O)N2CCCC(NC)C2)nnn1-c1cccc(Cl)c1.Cl. The quantitative estimate of drug-likeness (QED) is 0.881. The van der Waals surface area contributed by atoms with Gasteiger partial charge in [-0.2, -0.15) is 0 Å². The third-order valence-electron chi connectivity index (χ3n) is 4.47. The standard InChI is InChI=1S/C17H22ClN5O.ClH/c1-3-15-16(17(24)22-9-5-7-13(11-22)19-2)20-21-23(15)14-8-4-6-12(18)10-14;/h4,6,8,10,13,19H,3,5,7,9,11H2,1-2H3;1H. The van der Waals surface area contributed by atoms with Crippen LogP contribution in [0.2, 0.25) is 5.02 Å². The molecule has 0 radical (unpaired) electrons. The highest BCUT2D eigenvalue weighted by molar-refractivity contribution is 6.30. The van der Waals surface area contributed by atoms with Gasteiger partial charge in [0.05, 0.1) is 11.4 Å². The molecule has 1 saturated heterocycles. The smallest absolute Gasteiger partial charge is 0.276 e. The molecule has 1 aromatic heterocycles. The van der Waals surface area contributed by atoms with Crippen LogP contribution < -0.4 is 5.32 Å². The number of hydrogen-bond donors (Lipinski definition) is 1. The number of nitrogens with one attached hydrogen (secondary N) is 1. The van der Waals surface area contributed by atoms with Crippen LogP contribution in [0.25, 0.3) is 5.69 Å². The highest BCUT2D eigenvalue weighted by Crippen LogP contribution is 2.20. The Kier molecular flexibility index (Phi) is 6.81. The maximum atomic E-state index is 12.9. The van der Waals surface area contributed by atoms with Crippen molar-refractivity contribution in [2.75, 3.05) is 20.1 Å². The molecule has 2 heterocycles. The lowest BCUT2D eigenvalue weighted by molar-refractivity contribution is 0.0691. The average molecular weight is 384 g/mol. The van der Waals surface area contributed by atoms with E-state index in [0.717, 1.165) is 30.8 Å². The first-order valence-electron chi connectivity index (χ1n) is 8.31. The molecule has 3 rings (SSSR count). The van der Waals surface area contributed by atoms with Gasteiger partial charge in [0.1, 0.15) is 0 Å². The second-order valence-electron chi connectivity index (χ2n) is 6.01. The van der Waals surface area contributed by atoms with Crippen molar-refractivity contribution < 1.29 is 4.79 Å². The van der Waals surface area contributed by atoms with Gasteiger partial charge >= 0.3 is 0 Å². The first kappa shape index (κ1) is 19.7. The van der Waals surface area contributed by atoms with Crippen LogP contribution in [0.3, 0.4) is 0 Å². The number of nitrogens with zero attached hydrogens (tertiary/aromatic N) is 4. The molecule has 0 spiro atoms. The summed E-state index contributed by atoms with van der Waals surface area (Å²) in [5, 5.41) is 12.3. The van der Waals surface area contributed by atoms with E-state index in [0.29, 0.717) is 29.7 Å². The summed E-state index contributed by atoms with van der Waals surface area (Å²) in [6, 6.07) is 7.75. The van der Waals surface area contributed by atoms with Gasteiger partial charge in [0.15, 0.2) is 5.69 Å². The summed E-state index contributed by atoms with van der Waals surface area (Å²) >= 11 is 6.07. The number of hydrogen-bond acceptors (Lipinski definition) is 4. The van der Waals surface area contributed by atoms with Crippen LogP contribution in [0.15, 0.2) is 24.3 Å². The topological polar surface area (TPSA) is 63.1 Å². The fraction of sp³-hybridized carbons (Fsp3) is 0.471. The van der Waals surface area contributed by atoms with Crippen LogP contribution in [0.1, 0.15) is 35.9 Å². The van der Waals surface area contributed by atoms with Gasteiger partial charge in [-0.1, -0.05) is 29.8 Å². The number of rotatable bonds is 4. The van der Waals surface area contributed by atoms with E-state index in [4.69, 9.17) is 11.6 Å². The number of carbonyl (C=O) groups excluding carboxylic acids is 1. The fourth-order valence-electron chi connectivity index (χ4n) is 3.15. The number of aromatic nitrogens is 3. The molecule has 1 N–H and O–H groups in total. The average Bonchev–Trinajstić information content (AvgIpc) is 3.05. The molecule has 6 nitrogen and oxygen atoms in total. The van der Waals surface area contributed by atoms with Gasteiger partial charge in [0.2, 0.25) is 0 Å². The van der Waals surface area contributed by atoms with Gasteiger partial charge < -0.3 is 10.2 Å². The fourth-order valence-corrected chi connectivity index (χ4v) is 3.33. The molecule has 0 bridgehead atoms. The maximum Gasteiger partial charge on any atom is 0.276 e. The van der Waals surface area contributed by atoms with Gasteiger partial charge in [-0.15, -0.1) is 17.5 Å². The monoisotopic (exact) mass is 383 g/mol. The highest BCUT2D eigenvalue weighted by atomic mass is 35.5. The van der Waals surface area contributed by atoms with Crippen LogP contribution in [0.5, 0.6) is 0 Å². The molecule has 1 amide bonds. The lowest BCUT2D eigenvalue weighted by atomic mass is 10.1. The Morgan fingerprint density at radius 2 is 2.24 bits per heavy atom. The molecule has 1 atom stereocenters. The summed E-state index contributed by atoms with van der Waals surface area (Å²) in [4.78, 5) is 14.8. The molecule has 1 aliphatic rings. The zero-order chi connectivity index (χ0) is 17.1. The van der Waals surface area contributed by atoms with E-state index in [9.17, 15) is 4.79 Å². The normalized spacial score (nSPS) is 17.2. The highest BCUT2D eigenvalue weighted by Gasteiger charge is 2.28. The van der Waals surface area contributed by atoms with Crippen molar-refractivity contribution in [1.29, 1.82) is 0 Å². The molecule has 1 aromatic carbocycles. The lowest BCUT2D eigenvalue weighted by Gasteiger charge is -2.32. The van der Waals surface area contributed by atoms with Crippen molar-refractivity contribution in [2.45, 2.75) is 32.2 Å². The van der Waals surface area contributed by atoms with Crippen LogP contribution in [-0.2, 0) is 6.42 Å². The Bertz CT molecular complexity index is 734. The number of benzene rings is 1. The Morgan fingerprint density at radius 1 is 1.44 bits per heavy atom. The summed E-state index contributed by atoms with van der Waals surface area (Å²) in [5.41, 5.74) is 2.07. The van der Waals surface area contributed by atoms with Crippen molar-refractivity contribution >= 4 is 29.9 Å². The maximum absolute atomic E-state index is 12.9. The Balaban J connectivity index is 0.00000225. The Labute approximate surface area is 158 Å². The van der Waals surface area contributed by atoms with Gasteiger partial charge in [-0.3, -0.25) is 4.79 Å². The summed E-state index contributed by atoms with van der Waals surface area (Å²) in [6.07, 6.45) is 2.77. The van der Waals surface area contributed by atoms with E-state index in [1.54, 1.807) is 4.68 Å². The predicted octanol–water partition coefficient (Wildman–Crippen LogP) is 2.73. The molecule has 1 unspecified atom stereocenters. The Hall–Kier alpha value is -1.63. The summed E-state index contributed by atoms with van der Waals surface area (Å²) in [5.74, 6) is -0.0416. The number of amides is 1. The first-order chi connectivity index (χ1) is 11.6. The number of likely N-dealkylation sites (N-methyl/N-ethyl adjacent to an activating group) is 1. The van der Waals surface area contributed by atoms with E-state index in [2.05, 4.69) is 15.6 Å². The van der Waals surface area contributed by atoms with Crippen molar-refractivity contribution in [3.63, 3.8) is 0 Å². The third-order valence-corrected chi connectivity index (χ3v) is 4.71. The van der Waals surface area contributed by atoms with E-state index >= 15 is 0 Å². The van der Waals surface area contributed by atoms with Crippen LogP contribution >= 0.6 is 24.0 Å². The molecular weight excluding hydrogens is 361 g/mol. The molecule has 0 aliphatic carbocycles. The predicted molar refractivity (Wildman–Crippen MR) is 101 cm³/mol. The number of carbonyl (C=O) groups is 1. The zero-order valence-electron chi connectivity index (χ0n) is 14.4. The van der Waals surface area contributed by atoms with E-state index < -0.39 is 0 Å². The van der Waals surface area contributed by atoms with Crippen LogP contribution in [0, 0.1) is 0 Å². The second-order valence-corrected chi connectivity index (χ2v) is 6.45. The van der Waals surface area contributed by atoms with E-state index in [1.165, 1.54) is 0 Å². The minimum absolute atomic E-state index is 0. The number of piperidine rings is 1. The van der Waals surface area contributed by atoms with E-state index in [-0.39, 0.29) is 18.3 Å². The third kappa shape index (κ3) is 4.14. The second kappa shape index (κ2) is 8.65. The molecule has 1 fully saturated rings.